The lowest BCUT2D eigenvalue weighted by Crippen LogP contribution is -2.56. The van der Waals surface area contributed by atoms with Crippen LogP contribution in [-0.4, -0.2) is 48.9 Å². The van der Waals surface area contributed by atoms with E-state index in [1.165, 1.54) is 11.0 Å². The van der Waals surface area contributed by atoms with Crippen LogP contribution < -0.4 is 10.5 Å². The van der Waals surface area contributed by atoms with Crippen molar-refractivity contribution in [2.45, 2.75) is 49.7 Å². The molecule has 0 radical (unpaired) electrons. The molecule has 8 nitrogen and oxygen atoms in total. The largest absolute Gasteiger partial charge is 0.481 e. The molecule has 4 N–H and O–H groups in total. The standard InChI is InChI=1S/C27H31N3O5S/c1-18-24(27(32)33)10-5-13-30(18)26(31)25(15-19-6-4-7-20(14-19)17-28)29-36(34,35)23-12-11-21-8-2-3-9-22(21)16-23/h2-4,6-9,11-12,14,16,18,24-25,29H,5,10,13,15,17,28H2,1H3,(H,32,33)/t18?,24?,25-/m0/s1. The highest BCUT2D eigenvalue weighted by atomic mass is 32.2. The Balaban J connectivity index is 1.67. The number of hydrogen-bond donors (Lipinski definition) is 3. The van der Waals surface area contributed by atoms with Crippen molar-refractivity contribution < 1.29 is 23.1 Å². The maximum absolute atomic E-state index is 13.7. The van der Waals surface area contributed by atoms with E-state index in [1.54, 1.807) is 19.1 Å². The van der Waals surface area contributed by atoms with Crippen molar-refractivity contribution in [3.63, 3.8) is 0 Å². The van der Waals surface area contributed by atoms with Crippen LogP contribution >= 0.6 is 0 Å². The molecule has 3 aromatic rings. The summed E-state index contributed by atoms with van der Waals surface area (Å²) < 4.78 is 29.5. The number of hydrogen-bond acceptors (Lipinski definition) is 5. The quantitative estimate of drug-likeness (QED) is 0.428. The topological polar surface area (TPSA) is 130 Å². The van der Waals surface area contributed by atoms with Gasteiger partial charge in [0, 0.05) is 19.1 Å². The number of sulfonamides is 1. The average molecular weight is 510 g/mol. The molecule has 3 atom stereocenters. The number of nitrogens with one attached hydrogen (secondary N) is 1. The van der Waals surface area contributed by atoms with Crippen LogP contribution in [0.25, 0.3) is 10.8 Å². The molecule has 0 aromatic heterocycles. The van der Waals surface area contributed by atoms with Gasteiger partial charge in [0.05, 0.1) is 10.8 Å². The number of likely N-dealkylation sites (tertiary alicyclic amines) is 1. The summed E-state index contributed by atoms with van der Waals surface area (Å²) in [6.45, 7) is 2.40. The molecule has 0 saturated carbocycles. The molecule has 4 rings (SSSR count). The number of carboxylic acids is 1. The maximum Gasteiger partial charge on any atom is 0.308 e. The number of nitrogens with zero attached hydrogens (tertiary/aromatic N) is 1. The van der Waals surface area contributed by atoms with Gasteiger partial charge in [-0.05, 0) is 60.2 Å². The zero-order chi connectivity index (χ0) is 25.9. The summed E-state index contributed by atoms with van der Waals surface area (Å²) in [5.41, 5.74) is 7.40. The predicted octanol–water partition coefficient (Wildman–Crippen LogP) is 2.90. The Labute approximate surface area is 211 Å². The van der Waals surface area contributed by atoms with E-state index in [9.17, 15) is 23.1 Å². The monoisotopic (exact) mass is 509 g/mol. The van der Waals surface area contributed by atoms with Gasteiger partial charge in [0.2, 0.25) is 15.9 Å². The molecule has 1 heterocycles. The molecule has 1 aliphatic rings. The van der Waals surface area contributed by atoms with Gasteiger partial charge in [0.15, 0.2) is 0 Å². The van der Waals surface area contributed by atoms with Crippen LogP contribution in [-0.2, 0) is 32.6 Å². The van der Waals surface area contributed by atoms with Gasteiger partial charge in [-0.1, -0.05) is 54.6 Å². The number of piperidine rings is 1. The van der Waals surface area contributed by atoms with Crippen LogP contribution in [0.5, 0.6) is 0 Å². The van der Waals surface area contributed by atoms with Crippen molar-refractivity contribution >= 4 is 32.7 Å². The third kappa shape index (κ3) is 5.59. The summed E-state index contributed by atoms with van der Waals surface area (Å²) in [7, 11) is -4.06. The Morgan fingerprint density at radius 2 is 1.78 bits per heavy atom. The summed E-state index contributed by atoms with van der Waals surface area (Å²) in [5, 5.41) is 11.3. The van der Waals surface area contributed by atoms with Gasteiger partial charge in [0.25, 0.3) is 0 Å². The van der Waals surface area contributed by atoms with Gasteiger partial charge in [-0.25, -0.2) is 8.42 Å². The van der Waals surface area contributed by atoms with E-state index in [2.05, 4.69) is 4.72 Å². The van der Waals surface area contributed by atoms with Crippen molar-refractivity contribution in [3.05, 3.63) is 77.9 Å². The Morgan fingerprint density at radius 1 is 1.06 bits per heavy atom. The fraction of sp³-hybridized carbons (Fsp3) is 0.333. The second kappa shape index (κ2) is 10.8. The molecule has 9 heteroatoms. The van der Waals surface area contributed by atoms with E-state index < -0.39 is 39.9 Å². The number of benzene rings is 3. The van der Waals surface area contributed by atoms with Crippen molar-refractivity contribution in [2.75, 3.05) is 6.54 Å². The van der Waals surface area contributed by atoms with Crippen LogP contribution in [0, 0.1) is 5.92 Å². The molecule has 1 aliphatic heterocycles. The molecule has 1 saturated heterocycles. The summed E-state index contributed by atoms with van der Waals surface area (Å²) in [4.78, 5) is 27.0. The van der Waals surface area contributed by atoms with Crippen molar-refractivity contribution in [3.8, 4) is 0 Å². The first kappa shape index (κ1) is 25.8. The van der Waals surface area contributed by atoms with Gasteiger partial charge < -0.3 is 15.7 Å². The Bertz CT molecular complexity index is 1370. The maximum atomic E-state index is 13.7. The van der Waals surface area contributed by atoms with Gasteiger partial charge in [0.1, 0.15) is 6.04 Å². The highest BCUT2D eigenvalue weighted by Gasteiger charge is 2.39. The van der Waals surface area contributed by atoms with Crippen LogP contribution in [0.1, 0.15) is 30.9 Å². The molecule has 0 bridgehead atoms. The molecule has 36 heavy (non-hydrogen) atoms. The van der Waals surface area contributed by atoms with Crippen LogP contribution in [0.3, 0.4) is 0 Å². The van der Waals surface area contributed by atoms with E-state index in [0.717, 1.165) is 21.9 Å². The highest BCUT2D eigenvalue weighted by Crippen LogP contribution is 2.26. The zero-order valence-electron chi connectivity index (χ0n) is 20.1. The first-order chi connectivity index (χ1) is 17.2. The smallest absolute Gasteiger partial charge is 0.308 e. The molecule has 0 spiro atoms. The van der Waals surface area contributed by atoms with Gasteiger partial charge >= 0.3 is 5.97 Å². The van der Waals surface area contributed by atoms with Crippen LogP contribution in [0.2, 0.25) is 0 Å². The first-order valence-electron chi connectivity index (χ1n) is 12.0. The Hall–Kier alpha value is -3.27. The summed E-state index contributed by atoms with van der Waals surface area (Å²) in [5.74, 6) is -2.08. The minimum absolute atomic E-state index is 0.0600. The second-order valence-corrected chi connectivity index (χ2v) is 11.0. The summed E-state index contributed by atoms with van der Waals surface area (Å²) >= 11 is 0. The number of fused-ring (bicyclic) bond motifs is 1. The number of carboxylic acid groups (broad SMARTS) is 1. The molecule has 190 valence electrons. The first-order valence-corrected chi connectivity index (χ1v) is 13.5. The molecular weight excluding hydrogens is 478 g/mol. The van der Waals surface area contributed by atoms with E-state index in [4.69, 9.17) is 5.73 Å². The molecule has 3 aromatic carbocycles. The molecule has 2 unspecified atom stereocenters. The number of carbonyl (C=O) groups excluding carboxylic acids is 1. The number of carbonyl (C=O) groups is 2. The molecule has 1 amide bonds. The number of rotatable bonds is 8. The lowest BCUT2D eigenvalue weighted by molar-refractivity contribution is -0.149. The van der Waals surface area contributed by atoms with Gasteiger partial charge in [-0.3, -0.25) is 9.59 Å². The second-order valence-electron chi connectivity index (χ2n) is 9.27. The Morgan fingerprint density at radius 3 is 2.50 bits per heavy atom. The number of nitrogens with two attached hydrogens (primary N) is 1. The van der Waals surface area contributed by atoms with Crippen LogP contribution in [0.4, 0.5) is 0 Å². The lowest BCUT2D eigenvalue weighted by Gasteiger charge is -2.39. The number of amides is 1. The summed E-state index contributed by atoms with van der Waals surface area (Å²) in [6.07, 6.45) is 1.13. The van der Waals surface area contributed by atoms with Crippen molar-refractivity contribution in [2.24, 2.45) is 11.7 Å². The average Bonchev–Trinajstić information content (AvgIpc) is 2.87. The molecule has 0 aliphatic carbocycles. The van der Waals surface area contributed by atoms with E-state index in [1.807, 2.05) is 48.5 Å². The molecular formula is C27H31N3O5S. The fourth-order valence-electron chi connectivity index (χ4n) is 4.87. The minimum atomic E-state index is -4.06. The SMILES string of the molecule is CC1C(C(=O)O)CCCN1C(=O)[C@H](Cc1cccc(CN)c1)NS(=O)(=O)c1ccc2ccccc2c1. The normalized spacial score (nSPS) is 19.2. The van der Waals surface area contributed by atoms with Gasteiger partial charge in [-0.15, -0.1) is 0 Å². The predicted molar refractivity (Wildman–Crippen MR) is 138 cm³/mol. The van der Waals surface area contributed by atoms with Crippen LogP contribution in [0.15, 0.2) is 71.6 Å². The van der Waals surface area contributed by atoms with E-state index >= 15 is 0 Å². The molecule has 1 fully saturated rings. The van der Waals surface area contributed by atoms with Gasteiger partial charge in [-0.2, -0.15) is 4.72 Å². The van der Waals surface area contributed by atoms with Crippen molar-refractivity contribution in [1.82, 2.24) is 9.62 Å². The highest BCUT2D eigenvalue weighted by molar-refractivity contribution is 7.89. The van der Waals surface area contributed by atoms with E-state index in [-0.39, 0.29) is 11.3 Å². The number of aliphatic carboxylic acids is 1. The third-order valence-corrected chi connectivity index (χ3v) is 8.35. The lowest BCUT2D eigenvalue weighted by atomic mass is 9.89. The fourth-order valence-corrected chi connectivity index (χ4v) is 6.10. The zero-order valence-corrected chi connectivity index (χ0v) is 20.9. The third-order valence-electron chi connectivity index (χ3n) is 6.88. The minimum Gasteiger partial charge on any atom is -0.481 e. The Kier molecular flexibility index (Phi) is 7.73. The van der Waals surface area contributed by atoms with E-state index in [0.29, 0.717) is 25.9 Å². The summed E-state index contributed by atoms with van der Waals surface area (Å²) in [6, 6.07) is 18.0. The van der Waals surface area contributed by atoms with Crippen molar-refractivity contribution in [1.29, 1.82) is 0 Å².